The van der Waals surface area contributed by atoms with E-state index in [1.54, 1.807) is 17.1 Å². The molecule has 5 aromatic rings. The van der Waals surface area contributed by atoms with Crippen molar-refractivity contribution < 1.29 is 10.0 Å². The number of nitrogens with one attached hydrogen (secondary N) is 1. The first-order valence-corrected chi connectivity index (χ1v) is 11.9. The van der Waals surface area contributed by atoms with E-state index in [4.69, 9.17) is 4.98 Å². The predicted molar refractivity (Wildman–Crippen MR) is 132 cm³/mol. The number of carbonyl (C=O) groups excluding carboxylic acids is 1. The van der Waals surface area contributed by atoms with Crippen molar-refractivity contribution in [1.29, 1.82) is 0 Å². The average Bonchev–Trinajstić information content (AvgIpc) is 3.43. The number of hydroxylamine groups is 2. The molecular formula is C26H22N8O2. The van der Waals surface area contributed by atoms with E-state index in [0.29, 0.717) is 49.5 Å². The Morgan fingerprint density at radius 2 is 1.94 bits per heavy atom. The monoisotopic (exact) mass is 478 g/mol. The van der Waals surface area contributed by atoms with Crippen LogP contribution in [-0.2, 0) is 16.8 Å². The molecule has 178 valence electrons. The minimum atomic E-state index is -0.583. The number of piperidine rings is 1. The zero-order valence-corrected chi connectivity index (χ0v) is 19.3. The van der Waals surface area contributed by atoms with E-state index in [2.05, 4.69) is 31.7 Å². The highest BCUT2D eigenvalue weighted by Gasteiger charge is 2.48. The predicted octanol–water partition coefficient (Wildman–Crippen LogP) is 3.16. The molecule has 0 atom stereocenters. The topological polar surface area (TPSA) is 122 Å². The number of rotatable bonds is 3. The van der Waals surface area contributed by atoms with Gasteiger partial charge in [-0.1, -0.05) is 29.5 Å². The molecule has 2 aromatic carbocycles. The fourth-order valence-corrected chi connectivity index (χ4v) is 5.36. The van der Waals surface area contributed by atoms with Crippen molar-refractivity contribution in [3.05, 3.63) is 72.1 Å². The van der Waals surface area contributed by atoms with Gasteiger partial charge < -0.3 is 10.5 Å². The molecule has 0 saturated carbocycles. The summed E-state index contributed by atoms with van der Waals surface area (Å²) in [4.78, 5) is 26.6. The van der Waals surface area contributed by atoms with Crippen molar-refractivity contribution in [2.75, 3.05) is 18.4 Å². The summed E-state index contributed by atoms with van der Waals surface area (Å²) in [6.07, 6.45) is 4.64. The lowest BCUT2D eigenvalue weighted by Crippen LogP contribution is -2.45. The number of hydrogen-bond donors (Lipinski definition) is 2. The molecule has 0 unspecified atom stereocenters. The Balaban J connectivity index is 1.22. The van der Waals surface area contributed by atoms with Gasteiger partial charge in [0.05, 0.1) is 29.4 Å². The smallest absolute Gasteiger partial charge is 0.235 e. The molecule has 0 bridgehead atoms. The van der Waals surface area contributed by atoms with Crippen LogP contribution in [0.25, 0.3) is 33.5 Å². The second-order valence-electron chi connectivity index (χ2n) is 9.43. The number of hydrogen-bond acceptors (Lipinski definition) is 8. The molecule has 0 radical (unpaired) electrons. The number of benzene rings is 2. The van der Waals surface area contributed by atoms with Gasteiger partial charge in [-0.2, -0.15) is 5.06 Å². The zero-order chi connectivity index (χ0) is 24.3. The second-order valence-corrected chi connectivity index (χ2v) is 9.43. The molecule has 36 heavy (non-hydrogen) atoms. The Kier molecular flexibility index (Phi) is 4.60. The number of anilines is 1. The van der Waals surface area contributed by atoms with Crippen molar-refractivity contribution in [2.45, 2.75) is 24.8 Å². The number of pyridine rings is 1. The van der Waals surface area contributed by atoms with Crippen LogP contribution in [-0.4, -0.2) is 59.2 Å². The van der Waals surface area contributed by atoms with Crippen molar-refractivity contribution in [3.8, 4) is 11.3 Å². The average molecular weight is 479 g/mol. The third kappa shape index (κ3) is 3.26. The number of fused-ring (bicyclic) bond motifs is 4. The molecule has 2 N–H and O–H groups in total. The van der Waals surface area contributed by atoms with Gasteiger partial charge >= 0.3 is 0 Å². The van der Waals surface area contributed by atoms with Gasteiger partial charge in [0, 0.05) is 35.9 Å². The Morgan fingerprint density at radius 1 is 1.06 bits per heavy atom. The number of amides is 1. The van der Waals surface area contributed by atoms with Crippen LogP contribution >= 0.6 is 0 Å². The summed E-state index contributed by atoms with van der Waals surface area (Å²) in [5.74, 6) is -0.00264. The number of carbonyl (C=O) groups is 1. The number of nitrogens with zero attached hydrogens (tertiary/aromatic N) is 7. The minimum Gasteiger partial charge on any atom is -0.325 e. The van der Waals surface area contributed by atoms with Crippen molar-refractivity contribution in [2.24, 2.45) is 0 Å². The van der Waals surface area contributed by atoms with E-state index in [1.807, 2.05) is 42.5 Å². The highest BCUT2D eigenvalue weighted by atomic mass is 16.5. The van der Waals surface area contributed by atoms with Crippen LogP contribution in [0.5, 0.6) is 0 Å². The molecule has 10 heteroatoms. The first-order valence-electron chi connectivity index (χ1n) is 11.9. The van der Waals surface area contributed by atoms with Crippen molar-refractivity contribution in [3.63, 3.8) is 0 Å². The van der Waals surface area contributed by atoms with E-state index in [-0.39, 0.29) is 5.91 Å². The molecule has 1 saturated heterocycles. The zero-order valence-electron chi connectivity index (χ0n) is 19.3. The van der Waals surface area contributed by atoms with Gasteiger partial charge in [0.1, 0.15) is 0 Å². The third-order valence-electron chi connectivity index (χ3n) is 7.33. The Bertz CT molecular complexity index is 1650. The lowest BCUT2D eigenvalue weighted by molar-refractivity contribution is -0.135. The van der Waals surface area contributed by atoms with Gasteiger partial charge in [0.25, 0.3) is 0 Å². The summed E-state index contributed by atoms with van der Waals surface area (Å²) in [5.41, 5.74) is 5.80. The molecule has 2 aliphatic heterocycles. The molecule has 2 aliphatic rings. The van der Waals surface area contributed by atoms with Gasteiger partial charge in [-0.15, -0.1) is 5.10 Å². The minimum absolute atomic E-state index is 0.00264. The maximum Gasteiger partial charge on any atom is 0.235 e. The standard InChI is InChI=1S/C26H22N8O2/c35-25-26(7-10-33(36)11-8-26)19-5-4-18(13-21(19)30-25)22-14-28-23-24(29-22)34(32-31-23)15-16-3-6-20-17(12-16)2-1-9-27-20/h1-6,9,12-14,36H,7-8,10-11,15H2,(H,30,35). The van der Waals surface area contributed by atoms with Crippen LogP contribution in [0.3, 0.4) is 0 Å². The maximum atomic E-state index is 12.9. The molecule has 5 heterocycles. The molecule has 10 nitrogen and oxygen atoms in total. The van der Waals surface area contributed by atoms with Crippen LogP contribution in [0.15, 0.2) is 60.9 Å². The lowest BCUT2D eigenvalue weighted by Gasteiger charge is -2.35. The lowest BCUT2D eigenvalue weighted by atomic mass is 9.74. The van der Waals surface area contributed by atoms with E-state index >= 15 is 0 Å². The van der Waals surface area contributed by atoms with Crippen LogP contribution in [0, 0.1) is 0 Å². The summed E-state index contributed by atoms with van der Waals surface area (Å²) in [5, 5.41) is 23.6. The normalized spacial score (nSPS) is 17.1. The molecule has 1 fully saturated rings. The van der Waals surface area contributed by atoms with E-state index < -0.39 is 5.41 Å². The van der Waals surface area contributed by atoms with Gasteiger partial charge in [-0.05, 0) is 48.2 Å². The quantitative estimate of drug-likeness (QED) is 0.406. The molecular weight excluding hydrogens is 456 g/mol. The molecule has 0 aliphatic carbocycles. The number of aromatic nitrogens is 6. The van der Waals surface area contributed by atoms with E-state index in [1.165, 1.54) is 5.06 Å². The van der Waals surface area contributed by atoms with E-state index in [9.17, 15) is 10.0 Å². The first-order chi connectivity index (χ1) is 17.6. The summed E-state index contributed by atoms with van der Waals surface area (Å²) >= 11 is 0. The maximum absolute atomic E-state index is 12.9. The van der Waals surface area contributed by atoms with Gasteiger partial charge in [0.15, 0.2) is 5.65 Å². The van der Waals surface area contributed by atoms with Crippen LogP contribution in [0.1, 0.15) is 24.0 Å². The van der Waals surface area contributed by atoms with Crippen LogP contribution in [0.4, 0.5) is 5.69 Å². The van der Waals surface area contributed by atoms with E-state index in [0.717, 1.165) is 33.3 Å². The Morgan fingerprint density at radius 3 is 2.83 bits per heavy atom. The highest BCUT2D eigenvalue weighted by Crippen LogP contribution is 2.45. The molecule has 1 spiro atoms. The van der Waals surface area contributed by atoms with Crippen molar-refractivity contribution in [1.82, 2.24) is 35.0 Å². The summed E-state index contributed by atoms with van der Waals surface area (Å²) in [6.45, 7) is 1.45. The SMILES string of the molecule is O=C1Nc2cc(-c3cnc4nnn(Cc5ccc6ncccc6c5)c4n3)ccc2C12CCN(O)CC2. The first kappa shape index (κ1) is 21.0. The van der Waals surface area contributed by atoms with Gasteiger partial charge in [0.2, 0.25) is 11.6 Å². The van der Waals surface area contributed by atoms with Crippen molar-refractivity contribution >= 4 is 33.8 Å². The summed E-state index contributed by atoms with van der Waals surface area (Å²) < 4.78 is 1.75. The van der Waals surface area contributed by atoms with Crippen LogP contribution in [0.2, 0.25) is 0 Å². The fourth-order valence-electron chi connectivity index (χ4n) is 5.36. The van der Waals surface area contributed by atoms with Gasteiger partial charge in [-0.25, -0.2) is 14.6 Å². The molecule has 1 amide bonds. The van der Waals surface area contributed by atoms with Gasteiger partial charge in [-0.3, -0.25) is 9.78 Å². The largest absolute Gasteiger partial charge is 0.325 e. The molecule has 7 rings (SSSR count). The summed E-state index contributed by atoms with van der Waals surface area (Å²) in [7, 11) is 0. The second kappa shape index (κ2) is 7.87. The summed E-state index contributed by atoms with van der Waals surface area (Å²) in [6, 6.07) is 16.0. The fraction of sp³-hybridized carbons (Fsp3) is 0.231. The Labute approximate surface area is 205 Å². The third-order valence-corrected chi connectivity index (χ3v) is 7.33. The molecule has 3 aromatic heterocycles. The Hall–Kier alpha value is -4.28. The highest BCUT2D eigenvalue weighted by molar-refractivity contribution is 6.07. The van der Waals surface area contributed by atoms with Crippen LogP contribution < -0.4 is 5.32 Å².